The molecule has 0 bridgehead atoms. The number of nitro benzene ring substituents is 1. The maximum atomic E-state index is 11.4. The van der Waals surface area contributed by atoms with Gasteiger partial charge in [-0.05, 0) is 20.1 Å². The van der Waals surface area contributed by atoms with Crippen LogP contribution in [0.1, 0.15) is 32.2 Å². The van der Waals surface area contributed by atoms with Crippen molar-refractivity contribution in [2.45, 2.75) is 32.3 Å². The van der Waals surface area contributed by atoms with Crippen molar-refractivity contribution in [2.75, 3.05) is 19.5 Å². The molecule has 1 aromatic heterocycles. The first-order valence-corrected chi connectivity index (χ1v) is 9.38. The number of benzene rings is 1. The Balaban J connectivity index is 2.52. The van der Waals surface area contributed by atoms with E-state index in [2.05, 4.69) is 15.3 Å². The number of aryl methyl sites for hydroxylation is 1. The van der Waals surface area contributed by atoms with Crippen LogP contribution in [0.5, 0.6) is 11.5 Å². The molecule has 9 nitrogen and oxygen atoms in total. The van der Waals surface area contributed by atoms with Gasteiger partial charge in [0.2, 0.25) is 10.9 Å². The second kappa shape index (κ2) is 9.18. The molecule has 0 saturated carbocycles. The zero-order valence-corrected chi connectivity index (χ0v) is 15.9. The minimum atomic E-state index is -0.484. The summed E-state index contributed by atoms with van der Waals surface area (Å²) in [7, 11) is 0. The number of nitrogens with zero attached hydrogens (tertiary/aromatic N) is 5. The van der Waals surface area contributed by atoms with Crippen molar-refractivity contribution < 1.29 is 14.4 Å². The number of ether oxygens (including phenoxy) is 2. The number of nitro groups is 1. The summed E-state index contributed by atoms with van der Waals surface area (Å²) >= 11 is 1.41. The second-order valence-corrected chi connectivity index (χ2v) is 5.77. The number of thioether (sulfide) groups is 1. The van der Waals surface area contributed by atoms with E-state index in [0.717, 1.165) is 0 Å². The summed E-state index contributed by atoms with van der Waals surface area (Å²) in [5.41, 5.74) is 0.339. The quantitative estimate of drug-likeness (QED) is 0.285. The summed E-state index contributed by atoms with van der Waals surface area (Å²) in [6.45, 7) is 6.28. The van der Waals surface area contributed by atoms with Crippen LogP contribution in [-0.2, 0) is 6.42 Å². The lowest BCUT2D eigenvalue weighted by Gasteiger charge is -2.11. The van der Waals surface area contributed by atoms with Gasteiger partial charge in [-0.15, -0.1) is 10.2 Å². The third-order valence-electron chi connectivity index (χ3n) is 3.38. The highest BCUT2D eigenvalue weighted by Gasteiger charge is 2.20. The van der Waals surface area contributed by atoms with E-state index in [0.29, 0.717) is 41.9 Å². The molecular formula is C16H21N5O4S. The molecule has 0 atom stereocenters. The molecular weight excluding hydrogens is 358 g/mol. The van der Waals surface area contributed by atoms with E-state index in [4.69, 9.17) is 9.47 Å². The van der Waals surface area contributed by atoms with Crippen molar-refractivity contribution in [1.29, 1.82) is 0 Å². The summed E-state index contributed by atoms with van der Waals surface area (Å²) in [6, 6.07) is 2.92. The molecule has 2 aromatic rings. The Labute approximate surface area is 155 Å². The van der Waals surface area contributed by atoms with Gasteiger partial charge in [-0.1, -0.05) is 18.7 Å². The molecule has 26 heavy (non-hydrogen) atoms. The molecule has 0 unspecified atom stereocenters. The van der Waals surface area contributed by atoms with E-state index in [1.807, 2.05) is 20.1 Å². The van der Waals surface area contributed by atoms with Crippen LogP contribution in [0.3, 0.4) is 0 Å². The van der Waals surface area contributed by atoms with Crippen molar-refractivity contribution >= 4 is 23.7 Å². The number of rotatable bonds is 9. The summed E-state index contributed by atoms with van der Waals surface area (Å²) in [5.74, 6) is 1.33. The van der Waals surface area contributed by atoms with Gasteiger partial charge in [0, 0.05) is 24.1 Å². The Bertz CT molecular complexity index is 785. The second-order valence-electron chi connectivity index (χ2n) is 4.99. The SMILES string of the molecule is CCOc1cc(OCC)c([N+](=O)[O-])cc1/C=N\n1c(CC)nnc1SC. The van der Waals surface area contributed by atoms with Crippen LogP contribution in [0.4, 0.5) is 5.69 Å². The van der Waals surface area contributed by atoms with Crippen LogP contribution in [0, 0.1) is 10.1 Å². The maximum absolute atomic E-state index is 11.4. The highest BCUT2D eigenvalue weighted by atomic mass is 32.2. The van der Waals surface area contributed by atoms with Crippen LogP contribution < -0.4 is 9.47 Å². The molecule has 0 aliphatic carbocycles. The summed E-state index contributed by atoms with van der Waals surface area (Å²) in [5, 5.41) is 24.5. The topological polar surface area (TPSA) is 105 Å². The fraction of sp³-hybridized carbons (Fsp3) is 0.438. The molecule has 0 aliphatic heterocycles. The molecule has 0 radical (unpaired) electrons. The molecule has 0 spiro atoms. The van der Waals surface area contributed by atoms with Gasteiger partial charge < -0.3 is 9.47 Å². The first-order chi connectivity index (χ1) is 12.5. The Morgan fingerprint density at radius 2 is 1.92 bits per heavy atom. The van der Waals surface area contributed by atoms with E-state index in [1.54, 1.807) is 11.6 Å². The van der Waals surface area contributed by atoms with Crippen molar-refractivity contribution in [2.24, 2.45) is 5.10 Å². The number of hydrogen-bond acceptors (Lipinski definition) is 8. The Morgan fingerprint density at radius 3 is 2.50 bits per heavy atom. The molecule has 0 saturated heterocycles. The van der Waals surface area contributed by atoms with Crippen molar-refractivity contribution in [3.63, 3.8) is 0 Å². The largest absolute Gasteiger partial charge is 0.493 e. The highest BCUT2D eigenvalue weighted by molar-refractivity contribution is 7.98. The van der Waals surface area contributed by atoms with E-state index in [1.165, 1.54) is 30.1 Å². The third-order valence-corrected chi connectivity index (χ3v) is 4.00. The van der Waals surface area contributed by atoms with Gasteiger partial charge in [0.15, 0.2) is 5.82 Å². The normalized spacial score (nSPS) is 11.1. The first kappa shape index (κ1) is 19.7. The molecule has 0 fully saturated rings. The lowest BCUT2D eigenvalue weighted by atomic mass is 10.1. The van der Waals surface area contributed by atoms with Gasteiger partial charge in [-0.2, -0.15) is 9.78 Å². The first-order valence-electron chi connectivity index (χ1n) is 8.16. The Morgan fingerprint density at radius 1 is 1.23 bits per heavy atom. The summed E-state index contributed by atoms with van der Waals surface area (Å²) in [4.78, 5) is 10.9. The highest BCUT2D eigenvalue weighted by Crippen LogP contribution is 2.34. The molecule has 0 N–H and O–H groups in total. The molecule has 2 rings (SSSR count). The van der Waals surface area contributed by atoms with Crippen LogP contribution in [0.2, 0.25) is 0 Å². The average Bonchev–Trinajstić information content (AvgIpc) is 3.03. The van der Waals surface area contributed by atoms with Crippen LogP contribution in [0.15, 0.2) is 22.4 Å². The molecule has 0 amide bonds. The fourth-order valence-corrected chi connectivity index (χ4v) is 2.69. The summed E-state index contributed by atoms with van der Waals surface area (Å²) in [6.07, 6.45) is 4.05. The number of aromatic nitrogens is 3. The van der Waals surface area contributed by atoms with Gasteiger partial charge in [-0.25, -0.2) is 0 Å². The lowest BCUT2D eigenvalue weighted by molar-refractivity contribution is -0.385. The van der Waals surface area contributed by atoms with Crippen LogP contribution in [-0.4, -0.2) is 45.5 Å². The molecule has 1 heterocycles. The molecule has 1 aromatic carbocycles. The van der Waals surface area contributed by atoms with Gasteiger partial charge in [-0.3, -0.25) is 10.1 Å². The van der Waals surface area contributed by atoms with Gasteiger partial charge in [0.25, 0.3) is 0 Å². The maximum Gasteiger partial charge on any atom is 0.311 e. The predicted molar refractivity (Wildman–Crippen MR) is 99.6 cm³/mol. The zero-order valence-electron chi connectivity index (χ0n) is 15.1. The molecule has 140 valence electrons. The van der Waals surface area contributed by atoms with Crippen molar-refractivity contribution in [3.05, 3.63) is 33.6 Å². The van der Waals surface area contributed by atoms with E-state index >= 15 is 0 Å². The van der Waals surface area contributed by atoms with Crippen molar-refractivity contribution in [1.82, 2.24) is 14.9 Å². The minimum Gasteiger partial charge on any atom is -0.493 e. The molecule has 0 aliphatic rings. The Kier molecular flexibility index (Phi) is 6.96. The number of hydrogen-bond donors (Lipinski definition) is 0. The van der Waals surface area contributed by atoms with Gasteiger partial charge in [0.05, 0.1) is 24.4 Å². The van der Waals surface area contributed by atoms with Crippen molar-refractivity contribution in [3.8, 4) is 11.5 Å². The monoisotopic (exact) mass is 379 g/mol. The summed E-state index contributed by atoms with van der Waals surface area (Å²) < 4.78 is 12.6. The van der Waals surface area contributed by atoms with Gasteiger partial charge in [0.1, 0.15) is 5.75 Å². The predicted octanol–water partition coefficient (Wildman–Crippen LogP) is 3.15. The average molecular weight is 379 g/mol. The minimum absolute atomic E-state index is 0.138. The Hall–Kier alpha value is -2.62. The smallest absolute Gasteiger partial charge is 0.311 e. The van der Waals surface area contributed by atoms with E-state index in [9.17, 15) is 10.1 Å². The standard InChI is InChI=1S/C16H21N5O4S/c1-5-15-18-19-16(26-4)20(15)17-10-11-8-12(21(22)23)14(25-7-3)9-13(11)24-6-2/h8-10H,5-7H2,1-4H3/b17-10-. The van der Waals surface area contributed by atoms with E-state index in [-0.39, 0.29) is 11.4 Å². The third kappa shape index (κ3) is 4.31. The molecule has 10 heteroatoms. The van der Waals surface area contributed by atoms with E-state index < -0.39 is 4.92 Å². The fourth-order valence-electron chi connectivity index (χ4n) is 2.24. The van der Waals surface area contributed by atoms with Gasteiger partial charge >= 0.3 is 5.69 Å². The van der Waals surface area contributed by atoms with Crippen LogP contribution >= 0.6 is 11.8 Å². The lowest BCUT2D eigenvalue weighted by Crippen LogP contribution is -2.04. The van der Waals surface area contributed by atoms with Crippen LogP contribution in [0.25, 0.3) is 0 Å². The zero-order chi connectivity index (χ0) is 19.1.